The number of hydrogen-bond donors (Lipinski definition) is 0. The van der Waals surface area contributed by atoms with E-state index in [9.17, 15) is 14.4 Å². The number of fused-ring (bicyclic) bond motifs is 6. The number of nitrogens with zero attached hydrogens (tertiary/aromatic N) is 2. The molecule has 3 fully saturated rings. The first kappa shape index (κ1) is 25.1. The highest BCUT2D eigenvalue weighted by molar-refractivity contribution is 6.06. The third-order valence-corrected chi connectivity index (χ3v) is 9.56. The third kappa shape index (κ3) is 3.89. The number of piperidine rings is 3. The molecule has 3 atom stereocenters. The van der Waals surface area contributed by atoms with E-state index in [1.807, 2.05) is 49.9 Å². The second kappa shape index (κ2) is 9.36. The summed E-state index contributed by atoms with van der Waals surface area (Å²) in [6, 6.07) is 12.4. The number of hydrogen-bond acceptors (Lipinski definition) is 5. The molecule has 7 rings (SSSR count). The summed E-state index contributed by atoms with van der Waals surface area (Å²) in [7, 11) is 0. The number of amides is 2. The van der Waals surface area contributed by atoms with E-state index in [1.165, 1.54) is 0 Å². The number of furan rings is 1. The predicted octanol–water partition coefficient (Wildman–Crippen LogP) is 5.53. The zero-order chi connectivity index (χ0) is 27.7. The van der Waals surface area contributed by atoms with Crippen molar-refractivity contribution in [1.29, 1.82) is 0 Å². The van der Waals surface area contributed by atoms with Gasteiger partial charge in [-0.1, -0.05) is 30.3 Å². The van der Waals surface area contributed by atoms with Crippen LogP contribution in [0.4, 0.5) is 0 Å². The Hall–Kier alpha value is -3.87. The van der Waals surface area contributed by atoms with Crippen LogP contribution in [-0.4, -0.2) is 47.3 Å². The Kier molecular flexibility index (Phi) is 5.88. The fourth-order valence-electron chi connectivity index (χ4n) is 7.62. The van der Waals surface area contributed by atoms with Crippen molar-refractivity contribution in [2.24, 2.45) is 11.8 Å². The number of carbonyl (C=O) groups excluding carboxylic acids is 2. The number of likely N-dealkylation sites (tertiary alicyclic amines) is 1. The molecule has 2 aromatic heterocycles. The smallest absolute Gasteiger partial charge is 0.340 e. The average molecular weight is 539 g/mol. The summed E-state index contributed by atoms with van der Waals surface area (Å²) < 4.78 is 12.1. The topological polar surface area (TPSA) is 84.0 Å². The normalized spacial score (nSPS) is 22.7. The molecule has 0 N–H and O–H groups in total. The van der Waals surface area contributed by atoms with Crippen LogP contribution in [0.1, 0.15) is 48.1 Å². The highest BCUT2D eigenvalue weighted by atomic mass is 16.4. The molecule has 2 aromatic carbocycles. The van der Waals surface area contributed by atoms with Gasteiger partial charge in [0.1, 0.15) is 16.9 Å². The Morgan fingerprint density at radius 1 is 0.950 bits per heavy atom. The fourth-order valence-corrected chi connectivity index (χ4v) is 7.62. The molecule has 7 heteroatoms. The van der Waals surface area contributed by atoms with Crippen LogP contribution >= 0.6 is 0 Å². The van der Waals surface area contributed by atoms with Gasteiger partial charge in [0.05, 0.1) is 12.0 Å². The van der Waals surface area contributed by atoms with E-state index in [0.29, 0.717) is 48.1 Å². The van der Waals surface area contributed by atoms with Crippen molar-refractivity contribution in [3.63, 3.8) is 0 Å². The van der Waals surface area contributed by atoms with E-state index in [2.05, 4.69) is 17.0 Å². The summed E-state index contributed by atoms with van der Waals surface area (Å²) >= 11 is 0. The quantitative estimate of drug-likeness (QED) is 0.320. The highest BCUT2D eigenvalue weighted by Crippen LogP contribution is 2.40. The molecule has 0 radical (unpaired) electrons. The first-order chi connectivity index (χ1) is 19.3. The first-order valence-corrected chi connectivity index (χ1v) is 14.4. The van der Waals surface area contributed by atoms with Crippen LogP contribution in [0.15, 0.2) is 50.0 Å². The standard InChI is InChI=1S/C33H34N2O5/c1-18-24-13-26-30(22-8-5-4-6-9-22)20(3)39-32(26)19(2)31(24)40-33(38)25(18)14-29(37)34-15-21-12-23(17-34)27-10-7-11-28(36)35(27)16-21/h4-6,8-9,13,21,23,27H,7,10-12,14-17H2,1-3H3/t21-,23+,27+/m1/s1. The molecule has 0 aliphatic carbocycles. The monoisotopic (exact) mass is 538 g/mol. The van der Waals surface area contributed by atoms with Crippen LogP contribution in [0.5, 0.6) is 0 Å². The second-order valence-electron chi connectivity index (χ2n) is 12.0. The van der Waals surface area contributed by atoms with E-state index in [1.54, 1.807) is 0 Å². The van der Waals surface area contributed by atoms with Gasteiger partial charge in [-0.2, -0.15) is 0 Å². The minimum atomic E-state index is -0.464. The molecule has 7 nitrogen and oxygen atoms in total. The Bertz CT molecular complexity index is 1730. The van der Waals surface area contributed by atoms with Crippen LogP contribution in [-0.2, 0) is 16.0 Å². The summed E-state index contributed by atoms with van der Waals surface area (Å²) in [4.78, 5) is 43.4. The zero-order valence-corrected chi connectivity index (χ0v) is 23.3. The van der Waals surface area contributed by atoms with Crippen molar-refractivity contribution in [1.82, 2.24) is 9.80 Å². The maximum Gasteiger partial charge on any atom is 0.340 e. The SMILES string of the molecule is Cc1oc2c(C)c3oc(=O)c(CC(=O)N4C[C@H]5C[C@@H](C4)[C@@H]4CCCC(=O)N4C5)c(C)c3cc2c1-c1ccccc1. The Balaban J connectivity index is 1.23. The maximum atomic E-state index is 13.6. The van der Waals surface area contributed by atoms with Crippen LogP contribution in [0.2, 0.25) is 0 Å². The summed E-state index contributed by atoms with van der Waals surface area (Å²) in [6.07, 6.45) is 3.68. The molecule has 5 heterocycles. The predicted molar refractivity (Wildman–Crippen MR) is 153 cm³/mol. The zero-order valence-electron chi connectivity index (χ0n) is 23.3. The number of rotatable bonds is 3. The third-order valence-electron chi connectivity index (χ3n) is 9.56. The molecule has 0 unspecified atom stereocenters. The number of benzene rings is 2. The molecule has 0 spiro atoms. The summed E-state index contributed by atoms with van der Waals surface area (Å²) in [5, 5.41) is 1.80. The Morgan fingerprint density at radius 2 is 1.73 bits per heavy atom. The van der Waals surface area contributed by atoms with Crippen LogP contribution in [0, 0.1) is 32.6 Å². The van der Waals surface area contributed by atoms with Crippen molar-refractivity contribution < 1.29 is 18.4 Å². The van der Waals surface area contributed by atoms with Crippen molar-refractivity contribution >= 4 is 33.8 Å². The lowest BCUT2D eigenvalue weighted by atomic mass is 9.76. The summed E-state index contributed by atoms with van der Waals surface area (Å²) in [6.45, 7) is 7.81. The van der Waals surface area contributed by atoms with Gasteiger partial charge in [0.15, 0.2) is 0 Å². The minimum absolute atomic E-state index is 0.0178. The van der Waals surface area contributed by atoms with E-state index < -0.39 is 5.63 Å². The highest BCUT2D eigenvalue weighted by Gasteiger charge is 2.44. The Morgan fingerprint density at radius 3 is 2.52 bits per heavy atom. The molecule has 3 aliphatic rings. The molecule has 3 aliphatic heterocycles. The van der Waals surface area contributed by atoms with Gasteiger partial charge in [0, 0.05) is 54.0 Å². The van der Waals surface area contributed by atoms with E-state index in [-0.39, 0.29) is 24.3 Å². The van der Waals surface area contributed by atoms with Crippen LogP contribution in [0.25, 0.3) is 33.1 Å². The molecule has 206 valence electrons. The maximum absolute atomic E-state index is 13.6. The largest absolute Gasteiger partial charge is 0.460 e. The first-order valence-electron chi connectivity index (χ1n) is 14.4. The van der Waals surface area contributed by atoms with Crippen LogP contribution in [0.3, 0.4) is 0 Å². The van der Waals surface area contributed by atoms with Crippen molar-refractivity contribution in [3.8, 4) is 11.1 Å². The van der Waals surface area contributed by atoms with Gasteiger partial charge >= 0.3 is 5.63 Å². The minimum Gasteiger partial charge on any atom is -0.460 e. The second-order valence-corrected chi connectivity index (χ2v) is 12.0. The summed E-state index contributed by atoms with van der Waals surface area (Å²) in [5.41, 5.74) is 4.83. The lowest BCUT2D eigenvalue weighted by Crippen LogP contribution is -2.61. The molecular weight excluding hydrogens is 504 g/mol. The lowest BCUT2D eigenvalue weighted by Gasteiger charge is -2.52. The molecule has 3 saturated heterocycles. The van der Waals surface area contributed by atoms with E-state index in [0.717, 1.165) is 64.6 Å². The van der Waals surface area contributed by atoms with Crippen LogP contribution < -0.4 is 5.63 Å². The van der Waals surface area contributed by atoms with E-state index in [4.69, 9.17) is 8.83 Å². The van der Waals surface area contributed by atoms with Gasteiger partial charge in [0.25, 0.3) is 0 Å². The average Bonchev–Trinajstić information content (AvgIpc) is 3.28. The van der Waals surface area contributed by atoms with Gasteiger partial charge in [-0.3, -0.25) is 9.59 Å². The van der Waals surface area contributed by atoms with Gasteiger partial charge in [0.2, 0.25) is 11.8 Å². The molecular formula is C33H34N2O5. The molecule has 2 amide bonds. The molecule has 40 heavy (non-hydrogen) atoms. The molecule has 0 saturated carbocycles. The van der Waals surface area contributed by atoms with Gasteiger partial charge in [-0.15, -0.1) is 0 Å². The van der Waals surface area contributed by atoms with Crippen molar-refractivity contribution in [2.45, 2.75) is 58.9 Å². The van der Waals surface area contributed by atoms with Gasteiger partial charge in [-0.25, -0.2) is 4.79 Å². The summed E-state index contributed by atoms with van der Waals surface area (Å²) in [5.74, 6) is 1.65. The van der Waals surface area contributed by atoms with Crippen molar-refractivity contribution in [2.75, 3.05) is 19.6 Å². The number of carbonyl (C=O) groups is 2. The Labute approximate surface area is 232 Å². The van der Waals surface area contributed by atoms with Gasteiger partial charge < -0.3 is 18.6 Å². The lowest BCUT2D eigenvalue weighted by molar-refractivity contribution is -0.148. The van der Waals surface area contributed by atoms with Gasteiger partial charge in [-0.05, 0) is 69.1 Å². The molecule has 4 aromatic rings. The fraction of sp³-hybridized carbons (Fsp3) is 0.424. The molecule has 2 bridgehead atoms. The van der Waals surface area contributed by atoms with Crippen molar-refractivity contribution in [3.05, 3.63) is 69.3 Å². The van der Waals surface area contributed by atoms with E-state index >= 15 is 0 Å². The number of aryl methyl sites for hydroxylation is 3.